The van der Waals surface area contributed by atoms with Crippen LogP contribution in [-0.4, -0.2) is 59.2 Å². The fraction of sp³-hybridized carbons (Fsp3) is 0.812. The van der Waals surface area contributed by atoms with Gasteiger partial charge in [0.25, 0.3) is 0 Å². The molecule has 0 aliphatic carbocycles. The molecule has 2 aliphatic rings. The van der Waals surface area contributed by atoms with Gasteiger partial charge in [-0.05, 0) is 26.7 Å². The lowest BCUT2D eigenvalue weighted by atomic mass is 10.0. The Balaban J connectivity index is 1.83. The minimum absolute atomic E-state index is 0.0683. The van der Waals surface area contributed by atoms with E-state index < -0.39 is 0 Å². The minimum atomic E-state index is -0.198. The molecule has 0 radical (unpaired) electrons. The molecule has 0 aromatic carbocycles. The summed E-state index contributed by atoms with van der Waals surface area (Å²) >= 11 is 0. The van der Waals surface area contributed by atoms with Gasteiger partial charge in [0.1, 0.15) is 0 Å². The van der Waals surface area contributed by atoms with Crippen molar-refractivity contribution in [1.29, 1.82) is 0 Å². The molecule has 6 heteroatoms. The lowest BCUT2D eigenvalue weighted by Gasteiger charge is -2.34. The SMILES string of the molecule is CCC(=O)NC1CCN(C(=O)C2CC(=O)N(C(C)C)C2)CC1. The molecule has 2 fully saturated rings. The van der Waals surface area contributed by atoms with Crippen molar-refractivity contribution < 1.29 is 14.4 Å². The minimum Gasteiger partial charge on any atom is -0.353 e. The van der Waals surface area contributed by atoms with Gasteiger partial charge < -0.3 is 15.1 Å². The standard InChI is InChI=1S/C16H27N3O3/c1-4-14(20)17-13-5-7-18(8-6-13)16(22)12-9-15(21)19(10-12)11(2)3/h11-13H,4-10H2,1-3H3,(H,17,20). The average Bonchev–Trinajstić information content (AvgIpc) is 2.89. The van der Waals surface area contributed by atoms with E-state index in [0.717, 1.165) is 12.8 Å². The largest absolute Gasteiger partial charge is 0.353 e. The zero-order valence-corrected chi connectivity index (χ0v) is 13.8. The van der Waals surface area contributed by atoms with Crippen molar-refractivity contribution in [2.75, 3.05) is 19.6 Å². The van der Waals surface area contributed by atoms with Crippen LogP contribution in [0.3, 0.4) is 0 Å². The first kappa shape index (κ1) is 16.8. The number of piperidine rings is 1. The third-order valence-electron chi connectivity index (χ3n) is 4.62. The molecule has 2 rings (SSSR count). The summed E-state index contributed by atoms with van der Waals surface area (Å²) in [4.78, 5) is 39.5. The fourth-order valence-electron chi connectivity index (χ4n) is 3.23. The number of rotatable bonds is 4. The number of likely N-dealkylation sites (tertiary alicyclic amines) is 2. The predicted molar refractivity (Wildman–Crippen MR) is 83.0 cm³/mol. The van der Waals surface area contributed by atoms with E-state index >= 15 is 0 Å². The Labute approximate surface area is 132 Å². The second-order valence-electron chi connectivity index (χ2n) is 6.56. The molecule has 1 unspecified atom stereocenters. The number of hydrogen-bond donors (Lipinski definition) is 1. The van der Waals surface area contributed by atoms with Crippen LogP contribution in [0.5, 0.6) is 0 Å². The summed E-state index contributed by atoms with van der Waals surface area (Å²) in [7, 11) is 0. The zero-order valence-electron chi connectivity index (χ0n) is 13.8. The Morgan fingerprint density at radius 1 is 1.27 bits per heavy atom. The number of hydrogen-bond acceptors (Lipinski definition) is 3. The van der Waals surface area contributed by atoms with E-state index in [1.807, 2.05) is 25.7 Å². The summed E-state index contributed by atoms with van der Waals surface area (Å²) in [6.07, 6.45) is 2.43. The molecule has 1 N–H and O–H groups in total. The van der Waals surface area contributed by atoms with Crippen LogP contribution in [0.25, 0.3) is 0 Å². The number of carbonyl (C=O) groups is 3. The van der Waals surface area contributed by atoms with E-state index in [1.165, 1.54) is 0 Å². The van der Waals surface area contributed by atoms with Crippen LogP contribution in [0.1, 0.15) is 46.5 Å². The second-order valence-corrected chi connectivity index (χ2v) is 6.56. The van der Waals surface area contributed by atoms with Crippen LogP contribution < -0.4 is 5.32 Å². The van der Waals surface area contributed by atoms with Crippen LogP contribution >= 0.6 is 0 Å². The number of nitrogens with one attached hydrogen (secondary N) is 1. The second kappa shape index (κ2) is 7.11. The fourth-order valence-corrected chi connectivity index (χ4v) is 3.23. The van der Waals surface area contributed by atoms with Crippen LogP contribution in [0.2, 0.25) is 0 Å². The highest BCUT2D eigenvalue weighted by atomic mass is 16.2. The third-order valence-corrected chi connectivity index (χ3v) is 4.62. The van der Waals surface area contributed by atoms with Gasteiger partial charge in [-0.25, -0.2) is 0 Å². The molecule has 6 nitrogen and oxygen atoms in total. The van der Waals surface area contributed by atoms with Crippen molar-refractivity contribution in [2.45, 2.75) is 58.5 Å². The summed E-state index contributed by atoms with van der Waals surface area (Å²) in [5, 5.41) is 2.99. The average molecular weight is 309 g/mol. The summed E-state index contributed by atoms with van der Waals surface area (Å²) in [6, 6.07) is 0.328. The topological polar surface area (TPSA) is 69.7 Å². The number of nitrogens with zero attached hydrogens (tertiary/aromatic N) is 2. The van der Waals surface area contributed by atoms with E-state index in [2.05, 4.69) is 5.32 Å². The Hall–Kier alpha value is -1.59. The third kappa shape index (κ3) is 3.78. The monoisotopic (exact) mass is 309 g/mol. The molecular formula is C16H27N3O3. The Morgan fingerprint density at radius 2 is 1.91 bits per heavy atom. The molecule has 124 valence electrons. The smallest absolute Gasteiger partial charge is 0.227 e. The Morgan fingerprint density at radius 3 is 2.41 bits per heavy atom. The predicted octanol–water partition coefficient (Wildman–Crippen LogP) is 0.761. The van der Waals surface area contributed by atoms with Gasteiger partial charge in [-0.3, -0.25) is 14.4 Å². The maximum absolute atomic E-state index is 12.6. The van der Waals surface area contributed by atoms with E-state index in [9.17, 15) is 14.4 Å². The maximum Gasteiger partial charge on any atom is 0.227 e. The van der Waals surface area contributed by atoms with E-state index in [4.69, 9.17) is 0 Å². The first-order valence-electron chi connectivity index (χ1n) is 8.30. The molecule has 0 aromatic rings. The van der Waals surface area contributed by atoms with Crippen LogP contribution in [0, 0.1) is 5.92 Å². The molecule has 1 atom stereocenters. The highest BCUT2D eigenvalue weighted by molar-refractivity contribution is 5.89. The molecular weight excluding hydrogens is 282 g/mol. The summed E-state index contributed by atoms with van der Waals surface area (Å²) < 4.78 is 0. The van der Waals surface area contributed by atoms with Crippen molar-refractivity contribution >= 4 is 17.7 Å². The quantitative estimate of drug-likeness (QED) is 0.833. The first-order valence-corrected chi connectivity index (χ1v) is 8.30. The Bertz CT molecular complexity index is 442. The van der Waals surface area contributed by atoms with Gasteiger partial charge in [-0.2, -0.15) is 0 Å². The highest BCUT2D eigenvalue weighted by Crippen LogP contribution is 2.23. The molecule has 0 saturated carbocycles. The van der Waals surface area contributed by atoms with Crippen molar-refractivity contribution in [3.05, 3.63) is 0 Å². The molecule has 3 amide bonds. The van der Waals surface area contributed by atoms with Gasteiger partial charge in [-0.15, -0.1) is 0 Å². The van der Waals surface area contributed by atoms with Crippen LogP contribution in [0.4, 0.5) is 0 Å². The van der Waals surface area contributed by atoms with Gasteiger partial charge in [0.05, 0.1) is 5.92 Å². The Kier molecular flexibility index (Phi) is 5.42. The molecule has 22 heavy (non-hydrogen) atoms. The van der Waals surface area contributed by atoms with Crippen molar-refractivity contribution in [2.24, 2.45) is 5.92 Å². The van der Waals surface area contributed by atoms with Crippen LogP contribution in [-0.2, 0) is 14.4 Å². The lowest BCUT2D eigenvalue weighted by molar-refractivity contribution is -0.137. The van der Waals surface area contributed by atoms with Gasteiger partial charge in [0, 0.05) is 44.6 Å². The summed E-state index contributed by atoms with van der Waals surface area (Å²) in [6.45, 7) is 7.67. The highest BCUT2D eigenvalue weighted by Gasteiger charge is 2.38. The molecule has 2 heterocycles. The van der Waals surface area contributed by atoms with E-state index in [1.54, 1.807) is 4.90 Å². The maximum atomic E-state index is 12.6. The molecule has 0 spiro atoms. The normalized spacial score (nSPS) is 23.3. The van der Waals surface area contributed by atoms with Crippen molar-refractivity contribution in [3.8, 4) is 0 Å². The first-order chi connectivity index (χ1) is 10.4. The number of amides is 3. The van der Waals surface area contributed by atoms with Gasteiger partial charge in [0.15, 0.2) is 0 Å². The summed E-state index contributed by atoms with van der Waals surface area (Å²) in [5.74, 6) is 0.0469. The summed E-state index contributed by atoms with van der Waals surface area (Å²) in [5.41, 5.74) is 0. The lowest BCUT2D eigenvalue weighted by Crippen LogP contribution is -2.48. The molecule has 0 aromatic heterocycles. The van der Waals surface area contributed by atoms with Gasteiger partial charge >= 0.3 is 0 Å². The van der Waals surface area contributed by atoms with Gasteiger partial charge in [0.2, 0.25) is 17.7 Å². The van der Waals surface area contributed by atoms with Crippen molar-refractivity contribution in [1.82, 2.24) is 15.1 Å². The molecule has 2 saturated heterocycles. The number of carbonyl (C=O) groups excluding carboxylic acids is 3. The van der Waals surface area contributed by atoms with E-state index in [0.29, 0.717) is 32.5 Å². The van der Waals surface area contributed by atoms with Crippen molar-refractivity contribution in [3.63, 3.8) is 0 Å². The zero-order chi connectivity index (χ0) is 16.3. The molecule has 2 aliphatic heterocycles. The molecule has 0 bridgehead atoms. The van der Waals surface area contributed by atoms with Crippen LogP contribution in [0.15, 0.2) is 0 Å². The van der Waals surface area contributed by atoms with Gasteiger partial charge in [-0.1, -0.05) is 6.92 Å². The van der Waals surface area contributed by atoms with E-state index in [-0.39, 0.29) is 35.7 Å².